The first-order valence-corrected chi connectivity index (χ1v) is 10.9. The maximum absolute atomic E-state index is 13.6. The van der Waals surface area contributed by atoms with Crippen LogP contribution in [0.25, 0.3) is 22.0 Å². The zero-order valence-electron chi connectivity index (χ0n) is 18.8. The van der Waals surface area contributed by atoms with Crippen molar-refractivity contribution in [1.82, 2.24) is 9.97 Å². The maximum atomic E-state index is 13.6. The normalized spacial score (nSPS) is 13.4. The number of carboxylic acid groups (broad SMARTS) is 1. The van der Waals surface area contributed by atoms with E-state index >= 15 is 0 Å². The number of aromatic nitrogens is 2. The Morgan fingerprint density at radius 1 is 1.00 bits per heavy atom. The van der Waals surface area contributed by atoms with Gasteiger partial charge in [0.2, 0.25) is 5.82 Å². The number of carboxylic acids is 1. The summed E-state index contributed by atoms with van der Waals surface area (Å²) in [6.45, 7) is 1.85. The number of nitrogens with one attached hydrogen (secondary N) is 1. The van der Waals surface area contributed by atoms with E-state index in [0.29, 0.717) is 11.1 Å². The van der Waals surface area contributed by atoms with Crippen molar-refractivity contribution in [1.29, 1.82) is 0 Å². The van der Waals surface area contributed by atoms with Gasteiger partial charge in [-0.1, -0.05) is 60.7 Å². The van der Waals surface area contributed by atoms with Gasteiger partial charge in [0, 0.05) is 17.7 Å². The van der Waals surface area contributed by atoms with Crippen LogP contribution in [0.1, 0.15) is 29.9 Å². The molecule has 35 heavy (non-hydrogen) atoms. The molecule has 4 N–H and O–H groups in total. The summed E-state index contributed by atoms with van der Waals surface area (Å²) in [6.07, 6.45) is -4.63. The Morgan fingerprint density at radius 3 is 2.34 bits per heavy atom. The van der Waals surface area contributed by atoms with Gasteiger partial charge in [0.25, 0.3) is 0 Å². The van der Waals surface area contributed by atoms with E-state index < -0.39 is 24.0 Å². The molecule has 6 nitrogen and oxygen atoms in total. The predicted octanol–water partition coefficient (Wildman–Crippen LogP) is 5.44. The zero-order chi connectivity index (χ0) is 25.2. The van der Waals surface area contributed by atoms with E-state index in [1.807, 2.05) is 49.4 Å². The molecular weight excluding hydrogens is 457 g/mol. The third-order valence-corrected chi connectivity index (χ3v) is 5.64. The predicted molar refractivity (Wildman–Crippen MR) is 128 cm³/mol. The molecule has 0 aliphatic rings. The summed E-state index contributed by atoms with van der Waals surface area (Å²) in [5, 5.41) is 14.1. The SMILES string of the molecule is C[C@@H](Nc1cc(-c2ccc(C[C@H](N)C(=O)O)cc2)nc(C(F)(F)F)n1)c1ccc2ccccc2c1. The lowest BCUT2D eigenvalue weighted by atomic mass is 10.0. The van der Waals surface area contributed by atoms with Crippen LogP contribution in [-0.2, 0) is 17.4 Å². The van der Waals surface area contributed by atoms with Crippen molar-refractivity contribution in [2.24, 2.45) is 5.73 Å². The number of nitrogens with zero attached hydrogens (tertiary/aromatic N) is 2. The first kappa shape index (κ1) is 24.2. The van der Waals surface area contributed by atoms with Gasteiger partial charge in [0.15, 0.2) is 0 Å². The minimum atomic E-state index is -4.73. The largest absolute Gasteiger partial charge is 0.480 e. The molecule has 0 aliphatic carbocycles. The van der Waals surface area contributed by atoms with Gasteiger partial charge in [-0.15, -0.1) is 0 Å². The molecule has 9 heteroatoms. The van der Waals surface area contributed by atoms with Gasteiger partial charge in [-0.3, -0.25) is 4.79 Å². The molecule has 0 aliphatic heterocycles. The lowest BCUT2D eigenvalue weighted by Crippen LogP contribution is -2.32. The average molecular weight is 480 g/mol. The summed E-state index contributed by atoms with van der Waals surface area (Å²) < 4.78 is 40.7. The summed E-state index contributed by atoms with van der Waals surface area (Å²) in [5.74, 6) is -2.34. The van der Waals surface area contributed by atoms with Crippen molar-refractivity contribution in [3.8, 4) is 11.3 Å². The van der Waals surface area contributed by atoms with Crippen molar-refractivity contribution in [2.45, 2.75) is 31.6 Å². The number of aliphatic carboxylic acids is 1. The van der Waals surface area contributed by atoms with Crippen LogP contribution in [0.5, 0.6) is 0 Å². The Labute approximate surface area is 199 Å². The second kappa shape index (κ2) is 9.71. The molecule has 1 heterocycles. The molecule has 1 aromatic heterocycles. The highest BCUT2D eigenvalue weighted by molar-refractivity contribution is 5.83. The van der Waals surface area contributed by atoms with Crippen LogP contribution >= 0.6 is 0 Å². The molecule has 4 rings (SSSR count). The van der Waals surface area contributed by atoms with Gasteiger partial charge >= 0.3 is 12.1 Å². The van der Waals surface area contributed by atoms with Gasteiger partial charge < -0.3 is 16.2 Å². The van der Waals surface area contributed by atoms with Gasteiger partial charge in [-0.25, -0.2) is 9.97 Å². The van der Waals surface area contributed by atoms with Gasteiger partial charge in [0.1, 0.15) is 11.9 Å². The fourth-order valence-corrected chi connectivity index (χ4v) is 3.73. The minimum absolute atomic E-state index is 0.0416. The maximum Gasteiger partial charge on any atom is 0.451 e. The van der Waals surface area contributed by atoms with E-state index in [1.54, 1.807) is 24.3 Å². The van der Waals surface area contributed by atoms with Crippen LogP contribution < -0.4 is 11.1 Å². The van der Waals surface area contributed by atoms with E-state index in [0.717, 1.165) is 16.3 Å². The number of benzene rings is 3. The second-order valence-corrected chi connectivity index (χ2v) is 8.28. The van der Waals surface area contributed by atoms with Crippen molar-refractivity contribution in [2.75, 3.05) is 5.32 Å². The van der Waals surface area contributed by atoms with E-state index in [9.17, 15) is 18.0 Å². The highest BCUT2D eigenvalue weighted by atomic mass is 19.4. The lowest BCUT2D eigenvalue weighted by Gasteiger charge is -2.18. The van der Waals surface area contributed by atoms with E-state index in [2.05, 4.69) is 15.3 Å². The Morgan fingerprint density at radius 2 is 1.69 bits per heavy atom. The van der Waals surface area contributed by atoms with E-state index in [-0.39, 0.29) is 24.0 Å². The summed E-state index contributed by atoms with van der Waals surface area (Å²) in [5.41, 5.74) is 7.64. The monoisotopic (exact) mass is 480 g/mol. The van der Waals surface area contributed by atoms with Crippen molar-refractivity contribution in [3.05, 3.63) is 89.7 Å². The van der Waals surface area contributed by atoms with Crippen LogP contribution in [0, 0.1) is 0 Å². The smallest absolute Gasteiger partial charge is 0.451 e. The number of anilines is 1. The number of halogens is 3. The van der Waals surface area contributed by atoms with Gasteiger partial charge in [-0.05, 0) is 41.3 Å². The summed E-state index contributed by atoms with van der Waals surface area (Å²) >= 11 is 0. The number of hydrogen-bond donors (Lipinski definition) is 3. The van der Waals surface area contributed by atoms with Gasteiger partial charge in [0.05, 0.1) is 5.69 Å². The molecule has 0 amide bonds. The third kappa shape index (κ3) is 5.75. The molecule has 0 radical (unpaired) electrons. The standard InChI is InChI=1S/C26H23F3N4O2/c1-15(19-11-10-17-4-2-3-5-20(17)13-19)31-23-14-22(32-25(33-23)26(27,28)29)18-8-6-16(7-9-18)12-21(30)24(34)35/h2-11,13-15,21H,12,30H2,1H3,(H,34,35)(H,31,32,33)/t15-,21+/m1/s1. The lowest BCUT2D eigenvalue weighted by molar-refractivity contribution is -0.144. The molecule has 2 atom stereocenters. The Hall–Kier alpha value is -3.98. The van der Waals surface area contributed by atoms with Gasteiger partial charge in [-0.2, -0.15) is 13.2 Å². The van der Waals surface area contributed by atoms with Crippen molar-refractivity contribution in [3.63, 3.8) is 0 Å². The molecule has 0 saturated carbocycles. The van der Waals surface area contributed by atoms with Crippen LogP contribution in [0.2, 0.25) is 0 Å². The summed E-state index contributed by atoms with van der Waals surface area (Å²) in [7, 11) is 0. The Bertz CT molecular complexity index is 1360. The molecular formula is C26H23F3N4O2. The molecule has 3 aromatic carbocycles. The Kier molecular flexibility index (Phi) is 6.70. The van der Waals surface area contributed by atoms with E-state index in [4.69, 9.17) is 10.8 Å². The first-order chi connectivity index (χ1) is 16.6. The molecule has 0 spiro atoms. The summed E-state index contributed by atoms with van der Waals surface area (Å²) in [6, 6.07) is 20.2. The highest BCUT2D eigenvalue weighted by Crippen LogP contribution is 2.31. The third-order valence-electron chi connectivity index (χ3n) is 5.64. The fourth-order valence-electron chi connectivity index (χ4n) is 3.73. The molecule has 4 aromatic rings. The quantitative estimate of drug-likeness (QED) is 0.326. The van der Waals surface area contributed by atoms with E-state index in [1.165, 1.54) is 6.07 Å². The minimum Gasteiger partial charge on any atom is -0.480 e. The Balaban J connectivity index is 1.63. The number of hydrogen-bond acceptors (Lipinski definition) is 5. The molecule has 0 bridgehead atoms. The average Bonchev–Trinajstić information content (AvgIpc) is 2.83. The molecule has 0 saturated heterocycles. The number of carbonyl (C=O) groups is 1. The number of rotatable bonds is 7. The number of alkyl halides is 3. The van der Waals surface area contributed by atoms with Crippen LogP contribution in [0.15, 0.2) is 72.8 Å². The van der Waals surface area contributed by atoms with Crippen molar-refractivity contribution < 1.29 is 23.1 Å². The fraction of sp³-hybridized carbons (Fsp3) is 0.192. The second-order valence-electron chi connectivity index (χ2n) is 8.28. The number of nitrogens with two attached hydrogens (primary N) is 1. The van der Waals surface area contributed by atoms with Crippen molar-refractivity contribution >= 4 is 22.6 Å². The van der Waals surface area contributed by atoms with Crippen LogP contribution in [-0.4, -0.2) is 27.1 Å². The van der Waals surface area contributed by atoms with Crippen LogP contribution in [0.4, 0.5) is 19.0 Å². The molecule has 0 fully saturated rings. The molecule has 180 valence electrons. The molecule has 0 unspecified atom stereocenters. The first-order valence-electron chi connectivity index (χ1n) is 10.9. The topological polar surface area (TPSA) is 101 Å². The zero-order valence-corrected chi connectivity index (χ0v) is 18.8. The number of fused-ring (bicyclic) bond motifs is 1. The highest BCUT2D eigenvalue weighted by Gasteiger charge is 2.35. The van der Waals surface area contributed by atoms with Crippen LogP contribution in [0.3, 0.4) is 0 Å². The summed E-state index contributed by atoms with van der Waals surface area (Å²) in [4.78, 5) is 18.4.